The van der Waals surface area contributed by atoms with E-state index in [0.29, 0.717) is 0 Å². The van der Waals surface area contributed by atoms with Crippen LogP contribution in [-0.4, -0.2) is 5.75 Å². The van der Waals surface area contributed by atoms with Crippen LogP contribution in [0, 0.1) is 17.1 Å². The van der Waals surface area contributed by atoms with Gasteiger partial charge in [-0.25, -0.2) is 4.39 Å². The zero-order valence-corrected chi connectivity index (χ0v) is 8.20. The molecule has 0 radical (unpaired) electrons. The van der Waals surface area contributed by atoms with Gasteiger partial charge in [0.05, 0.1) is 5.56 Å². The summed E-state index contributed by atoms with van der Waals surface area (Å²) in [4.78, 5) is 0. The quantitative estimate of drug-likeness (QED) is 0.740. The topological polar surface area (TPSA) is 23.8 Å². The molecule has 0 aliphatic rings. The highest BCUT2D eigenvalue weighted by atomic mass is 32.2. The Bertz CT molecular complexity index is 330. The molecule has 0 spiro atoms. The third-order valence-electron chi connectivity index (χ3n) is 1.62. The summed E-state index contributed by atoms with van der Waals surface area (Å²) in [7, 11) is 0. The van der Waals surface area contributed by atoms with Crippen LogP contribution in [0.25, 0.3) is 0 Å². The Morgan fingerprint density at radius 2 is 2.31 bits per heavy atom. The zero-order chi connectivity index (χ0) is 9.68. The molecule has 1 aromatic rings. The van der Waals surface area contributed by atoms with Crippen molar-refractivity contribution in [3.63, 3.8) is 0 Å². The van der Waals surface area contributed by atoms with Crippen LogP contribution in [0.5, 0.6) is 0 Å². The molecule has 0 N–H and O–H groups in total. The summed E-state index contributed by atoms with van der Waals surface area (Å²) >= 11 is 1.75. The molecule has 1 rings (SSSR count). The molecule has 0 aromatic heterocycles. The highest BCUT2D eigenvalue weighted by molar-refractivity contribution is 7.98. The van der Waals surface area contributed by atoms with E-state index in [0.717, 1.165) is 17.1 Å². The van der Waals surface area contributed by atoms with Gasteiger partial charge in [0.15, 0.2) is 0 Å². The Kier molecular flexibility index (Phi) is 3.78. The number of benzene rings is 1. The van der Waals surface area contributed by atoms with E-state index >= 15 is 0 Å². The van der Waals surface area contributed by atoms with E-state index < -0.39 is 5.82 Å². The van der Waals surface area contributed by atoms with Gasteiger partial charge in [-0.15, -0.1) is 0 Å². The smallest absolute Gasteiger partial charge is 0.140 e. The maximum atomic E-state index is 12.9. The molecule has 1 nitrogen and oxygen atoms in total. The Hall–Kier alpha value is -1.01. The first-order chi connectivity index (χ1) is 6.27. The minimum Gasteiger partial charge on any atom is -0.206 e. The van der Waals surface area contributed by atoms with Crippen molar-refractivity contribution in [1.29, 1.82) is 5.26 Å². The van der Waals surface area contributed by atoms with Crippen molar-refractivity contribution in [3.8, 4) is 6.07 Å². The molecule has 0 bridgehead atoms. The first-order valence-electron chi connectivity index (χ1n) is 4.04. The maximum absolute atomic E-state index is 12.9. The Morgan fingerprint density at radius 1 is 1.54 bits per heavy atom. The van der Waals surface area contributed by atoms with Crippen LogP contribution in [0.3, 0.4) is 0 Å². The van der Waals surface area contributed by atoms with E-state index in [2.05, 4.69) is 6.92 Å². The molecule has 0 saturated heterocycles. The van der Waals surface area contributed by atoms with Gasteiger partial charge in [-0.2, -0.15) is 17.0 Å². The van der Waals surface area contributed by atoms with E-state index in [1.807, 2.05) is 6.07 Å². The van der Waals surface area contributed by atoms with Crippen molar-refractivity contribution < 1.29 is 4.39 Å². The van der Waals surface area contributed by atoms with Gasteiger partial charge >= 0.3 is 0 Å². The van der Waals surface area contributed by atoms with Crippen LogP contribution in [0.2, 0.25) is 0 Å². The molecule has 1 aromatic carbocycles. The molecular weight excluding hydrogens is 185 g/mol. The number of nitrogens with zero attached hydrogens (tertiary/aromatic N) is 1. The fourth-order valence-corrected chi connectivity index (χ4v) is 1.59. The normalized spacial score (nSPS) is 9.62. The number of halogens is 1. The maximum Gasteiger partial charge on any atom is 0.140 e. The van der Waals surface area contributed by atoms with Gasteiger partial charge in [0.25, 0.3) is 0 Å². The van der Waals surface area contributed by atoms with E-state index in [-0.39, 0.29) is 5.56 Å². The van der Waals surface area contributed by atoms with Crippen molar-refractivity contribution in [2.75, 3.05) is 5.75 Å². The van der Waals surface area contributed by atoms with Crippen LogP contribution in [-0.2, 0) is 5.75 Å². The Morgan fingerprint density at radius 3 is 2.92 bits per heavy atom. The van der Waals surface area contributed by atoms with Crippen LogP contribution < -0.4 is 0 Å². The summed E-state index contributed by atoms with van der Waals surface area (Å²) in [6.07, 6.45) is 0. The van der Waals surface area contributed by atoms with Gasteiger partial charge in [-0.1, -0.05) is 13.0 Å². The predicted octanol–water partition coefficient (Wildman–Crippen LogP) is 2.95. The van der Waals surface area contributed by atoms with E-state index in [4.69, 9.17) is 5.26 Å². The fraction of sp³-hybridized carbons (Fsp3) is 0.300. The molecule has 0 atom stereocenters. The number of rotatable bonds is 3. The summed E-state index contributed by atoms with van der Waals surface area (Å²) in [5.41, 5.74) is 1.14. The van der Waals surface area contributed by atoms with E-state index in [1.54, 1.807) is 23.9 Å². The van der Waals surface area contributed by atoms with Crippen LogP contribution in [0.1, 0.15) is 18.1 Å². The van der Waals surface area contributed by atoms with Crippen LogP contribution >= 0.6 is 11.8 Å². The van der Waals surface area contributed by atoms with Gasteiger partial charge in [-0.05, 0) is 23.4 Å². The van der Waals surface area contributed by atoms with Crippen LogP contribution in [0.4, 0.5) is 4.39 Å². The minimum atomic E-state index is -0.437. The summed E-state index contributed by atoms with van der Waals surface area (Å²) in [5.74, 6) is 1.43. The molecule has 0 amide bonds. The van der Waals surface area contributed by atoms with Crippen molar-refractivity contribution in [2.45, 2.75) is 12.7 Å². The number of thioether (sulfide) groups is 1. The van der Waals surface area contributed by atoms with Crippen LogP contribution in [0.15, 0.2) is 18.2 Å². The summed E-state index contributed by atoms with van der Waals surface area (Å²) < 4.78 is 12.9. The molecule has 0 heterocycles. The van der Waals surface area contributed by atoms with Gasteiger partial charge < -0.3 is 0 Å². The van der Waals surface area contributed by atoms with Crippen molar-refractivity contribution in [2.24, 2.45) is 0 Å². The predicted molar refractivity (Wildman–Crippen MR) is 53.0 cm³/mol. The SMILES string of the molecule is CCSCc1ccc(F)c(C#N)c1. The largest absolute Gasteiger partial charge is 0.206 e. The minimum absolute atomic E-state index is 0.134. The lowest BCUT2D eigenvalue weighted by Crippen LogP contribution is -1.87. The molecule has 0 aliphatic heterocycles. The lowest BCUT2D eigenvalue weighted by Gasteiger charge is -2.00. The van der Waals surface area contributed by atoms with Gasteiger partial charge in [0, 0.05) is 5.75 Å². The summed E-state index contributed by atoms with van der Waals surface area (Å²) in [6.45, 7) is 2.07. The second-order valence-electron chi connectivity index (χ2n) is 2.56. The van der Waals surface area contributed by atoms with E-state index in [9.17, 15) is 4.39 Å². The third kappa shape index (κ3) is 2.74. The molecule has 0 fully saturated rings. The first-order valence-corrected chi connectivity index (χ1v) is 5.19. The second kappa shape index (κ2) is 4.88. The highest BCUT2D eigenvalue weighted by Crippen LogP contribution is 2.15. The van der Waals surface area contributed by atoms with Gasteiger partial charge in [0.1, 0.15) is 11.9 Å². The van der Waals surface area contributed by atoms with Crippen molar-refractivity contribution >= 4 is 11.8 Å². The summed E-state index contributed by atoms with van der Waals surface area (Å²) in [6, 6.07) is 6.51. The molecule has 0 aliphatic carbocycles. The molecule has 13 heavy (non-hydrogen) atoms. The monoisotopic (exact) mass is 195 g/mol. The average Bonchev–Trinajstić information content (AvgIpc) is 2.16. The molecule has 3 heteroatoms. The van der Waals surface area contributed by atoms with Gasteiger partial charge in [0.2, 0.25) is 0 Å². The van der Waals surface area contributed by atoms with Crippen molar-refractivity contribution in [1.82, 2.24) is 0 Å². The lowest BCUT2D eigenvalue weighted by molar-refractivity contribution is 0.623. The molecule has 0 unspecified atom stereocenters. The number of hydrogen-bond acceptors (Lipinski definition) is 2. The summed E-state index contributed by atoms with van der Waals surface area (Å²) in [5, 5.41) is 8.57. The third-order valence-corrected chi connectivity index (χ3v) is 2.57. The Labute approximate surface area is 81.6 Å². The molecular formula is C10H10FNS. The second-order valence-corrected chi connectivity index (χ2v) is 3.84. The fourth-order valence-electron chi connectivity index (χ4n) is 0.968. The van der Waals surface area contributed by atoms with Crippen molar-refractivity contribution in [3.05, 3.63) is 35.1 Å². The van der Waals surface area contributed by atoms with E-state index in [1.165, 1.54) is 6.07 Å². The van der Waals surface area contributed by atoms with Gasteiger partial charge in [-0.3, -0.25) is 0 Å². The number of nitriles is 1. The number of hydrogen-bond donors (Lipinski definition) is 0. The highest BCUT2D eigenvalue weighted by Gasteiger charge is 2.01. The Balaban J connectivity index is 2.82. The first kappa shape index (κ1) is 10.1. The standard InChI is InChI=1S/C10H10FNS/c1-2-13-7-8-3-4-10(11)9(5-8)6-12/h3-5H,2,7H2,1H3. The lowest BCUT2D eigenvalue weighted by atomic mass is 10.1. The average molecular weight is 195 g/mol. The molecule has 68 valence electrons. The zero-order valence-electron chi connectivity index (χ0n) is 7.38. The molecule has 0 saturated carbocycles.